The topological polar surface area (TPSA) is 75.4 Å². The monoisotopic (exact) mass is 237 g/mol. The molecule has 1 amide bonds. The predicted molar refractivity (Wildman–Crippen MR) is 59.2 cm³/mol. The number of rotatable bonds is 3. The summed E-state index contributed by atoms with van der Waals surface area (Å²) in [7, 11) is 1.80. The molecular weight excluding hydrogens is 222 g/mol. The standard InChI is InChI=1S/C11H15N3O3/c1-7-8(5-13(2)12-7)6-14-9(11(16)17)3-4-10(14)15/h5,9H,3-4,6H2,1-2H3,(H,16,17). The molecule has 2 rings (SSSR count). The van der Waals surface area contributed by atoms with Crippen molar-refractivity contribution >= 4 is 11.9 Å². The fourth-order valence-corrected chi connectivity index (χ4v) is 2.18. The van der Waals surface area contributed by atoms with E-state index in [1.54, 1.807) is 11.7 Å². The fourth-order valence-electron chi connectivity index (χ4n) is 2.18. The van der Waals surface area contributed by atoms with Gasteiger partial charge in [-0.05, 0) is 13.3 Å². The van der Waals surface area contributed by atoms with Gasteiger partial charge in [-0.2, -0.15) is 5.10 Å². The number of carboxylic acids is 1. The third kappa shape index (κ3) is 2.15. The minimum absolute atomic E-state index is 0.0966. The van der Waals surface area contributed by atoms with Crippen LogP contribution in [0.25, 0.3) is 0 Å². The Morgan fingerprint density at radius 2 is 2.35 bits per heavy atom. The molecule has 1 aromatic rings. The third-order valence-corrected chi connectivity index (χ3v) is 3.07. The number of aromatic nitrogens is 2. The van der Waals surface area contributed by atoms with Crippen LogP contribution in [-0.2, 0) is 23.2 Å². The quantitative estimate of drug-likeness (QED) is 0.820. The third-order valence-electron chi connectivity index (χ3n) is 3.07. The summed E-state index contributed by atoms with van der Waals surface area (Å²) in [6, 6.07) is -0.692. The molecule has 2 heterocycles. The smallest absolute Gasteiger partial charge is 0.326 e. The zero-order valence-corrected chi connectivity index (χ0v) is 9.88. The van der Waals surface area contributed by atoms with E-state index >= 15 is 0 Å². The summed E-state index contributed by atoms with van der Waals surface area (Å²) in [6.07, 6.45) is 2.53. The predicted octanol–water partition coefficient (Wildman–Crippen LogP) is 0.304. The summed E-state index contributed by atoms with van der Waals surface area (Å²) in [6.45, 7) is 2.18. The van der Waals surface area contributed by atoms with Gasteiger partial charge < -0.3 is 10.0 Å². The maximum Gasteiger partial charge on any atom is 0.326 e. The number of carboxylic acid groups (broad SMARTS) is 1. The zero-order valence-electron chi connectivity index (χ0n) is 9.88. The van der Waals surface area contributed by atoms with Crippen molar-refractivity contribution in [2.45, 2.75) is 32.4 Å². The van der Waals surface area contributed by atoms with Gasteiger partial charge in [-0.15, -0.1) is 0 Å². The van der Waals surface area contributed by atoms with Gasteiger partial charge in [-0.1, -0.05) is 0 Å². The first kappa shape index (κ1) is 11.6. The second-order valence-electron chi connectivity index (χ2n) is 4.33. The van der Waals surface area contributed by atoms with Crippen LogP contribution in [0.2, 0.25) is 0 Å². The first-order valence-corrected chi connectivity index (χ1v) is 5.50. The van der Waals surface area contributed by atoms with Crippen molar-refractivity contribution in [2.24, 2.45) is 7.05 Å². The minimum Gasteiger partial charge on any atom is -0.480 e. The van der Waals surface area contributed by atoms with Crippen LogP contribution >= 0.6 is 0 Å². The van der Waals surface area contributed by atoms with Crippen molar-refractivity contribution in [3.05, 3.63) is 17.5 Å². The highest BCUT2D eigenvalue weighted by molar-refractivity contribution is 5.87. The number of amides is 1. The van der Waals surface area contributed by atoms with Gasteiger partial charge in [0.25, 0.3) is 0 Å². The van der Waals surface area contributed by atoms with Crippen LogP contribution < -0.4 is 0 Å². The van der Waals surface area contributed by atoms with Crippen molar-refractivity contribution in [3.63, 3.8) is 0 Å². The van der Waals surface area contributed by atoms with Gasteiger partial charge in [0.1, 0.15) is 6.04 Å². The Balaban J connectivity index is 2.19. The molecule has 1 aliphatic rings. The van der Waals surface area contributed by atoms with Gasteiger partial charge in [0.2, 0.25) is 5.91 Å². The lowest BCUT2D eigenvalue weighted by atomic mass is 10.2. The Morgan fingerprint density at radius 1 is 1.65 bits per heavy atom. The van der Waals surface area contributed by atoms with E-state index < -0.39 is 12.0 Å². The lowest BCUT2D eigenvalue weighted by Gasteiger charge is -2.21. The molecule has 92 valence electrons. The Bertz CT molecular complexity index is 467. The van der Waals surface area contributed by atoms with E-state index in [1.165, 1.54) is 4.90 Å². The molecule has 0 saturated carbocycles. The number of carbonyl (C=O) groups excluding carboxylic acids is 1. The average Bonchev–Trinajstić information content (AvgIpc) is 2.73. The highest BCUT2D eigenvalue weighted by Crippen LogP contribution is 2.22. The molecule has 1 unspecified atom stereocenters. The lowest BCUT2D eigenvalue weighted by Crippen LogP contribution is -2.37. The first-order valence-electron chi connectivity index (χ1n) is 5.50. The van der Waals surface area contributed by atoms with Crippen molar-refractivity contribution in [1.29, 1.82) is 0 Å². The van der Waals surface area contributed by atoms with E-state index in [4.69, 9.17) is 5.11 Å². The summed E-state index contributed by atoms with van der Waals surface area (Å²) in [5.74, 6) is -1.03. The Labute approximate surface area is 98.8 Å². The molecule has 6 heteroatoms. The van der Waals surface area contributed by atoms with E-state index in [0.29, 0.717) is 19.4 Å². The molecule has 0 radical (unpaired) electrons. The molecule has 0 bridgehead atoms. The molecule has 0 aliphatic carbocycles. The Kier molecular flexibility index (Phi) is 2.87. The van der Waals surface area contributed by atoms with Crippen molar-refractivity contribution in [1.82, 2.24) is 14.7 Å². The molecular formula is C11H15N3O3. The van der Waals surface area contributed by atoms with Crippen LogP contribution in [-0.4, -0.2) is 37.7 Å². The average molecular weight is 237 g/mol. The van der Waals surface area contributed by atoms with Gasteiger partial charge >= 0.3 is 5.97 Å². The molecule has 1 fully saturated rings. The lowest BCUT2D eigenvalue weighted by molar-refractivity contribution is -0.146. The molecule has 17 heavy (non-hydrogen) atoms. The van der Waals surface area contributed by atoms with Crippen LogP contribution in [0, 0.1) is 6.92 Å². The Hall–Kier alpha value is -1.85. The summed E-state index contributed by atoms with van der Waals surface area (Å²) in [5, 5.41) is 13.2. The molecule has 1 aliphatic heterocycles. The number of carbonyl (C=O) groups is 2. The van der Waals surface area contributed by atoms with E-state index in [9.17, 15) is 9.59 Å². The van der Waals surface area contributed by atoms with Gasteiger partial charge in [0.15, 0.2) is 0 Å². The maximum absolute atomic E-state index is 11.6. The van der Waals surface area contributed by atoms with Crippen LogP contribution in [0.5, 0.6) is 0 Å². The van der Waals surface area contributed by atoms with Gasteiger partial charge in [0, 0.05) is 31.8 Å². The van der Waals surface area contributed by atoms with E-state index in [-0.39, 0.29) is 5.91 Å². The van der Waals surface area contributed by atoms with Crippen molar-refractivity contribution in [2.75, 3.05) is 0 Å². The normalized spacial score (nSPS) is 20.0. The molecule has 0 spiro atoms. The Morgan fingerprint density at radius 3 is 2.88 bits per heavy atom. The largest absolute Gasteiger partial charge is 0.480 e. The van der Waals surface area contributed by atoms with Gasteiger partial charge in [-0.3, -0.25) is 9.48 Å². The summed E-state index contributed by atoms with van der Waals surface area (Å²) >= 11 is 0. The second kappa shape index (κ2) is 4.20. The number of aryl methyl sites for hydroxylation is 2. The van der Waals surface area contributed by atoms with Gasteiger partial charge in [-0.25, -0.2) is 4.79 Å². The minimum atomic E-state index is -0.933. The van der Waals surface area contributed by atoms with Crippen LogP contribution in [0.3, 0.4) is 0 Å². The van der Waals surface area contributed by atoms with Crippen molar-refractivity contribution < 1.29 is 14.7 Å². The molecule has 1 saturated heterocycles. The van der Waals surface area contributed by atoms with E-state index in [0.717, 1.165) is 11.3 Å². The SMILES string of the molecule is Cc1nn(C)cc1CN1C(=O)CCC1C(=O)O. The van der Waals surface area contributed by atoms with Crippen molar-refractivity contribution in [3.8, 4) is 0 Å². The molecule has 6 nitrogen and oxygen atoms in total. The van der Waals surface area contributed by atoms with E-state index in [1.807, 2.05) is 13.1 Å². The molecule has 0 aromatic carbocycles. The summed E-state index contributed by atoms with van der Waals surface area (Å²) in [5.41, 5.74) is 1.73. The van der Waals surface area contributed by atoms with Crippen LogP contribution in [0.1, 0.15) is 24.1 Å². The number of hydrogen-bond acceptors (Lipinski definition) is 3. The van der Waals surface area contributed by atoms with Gasteiger partial charge in [0.05, 0.1) is 5.69 Å². The first-order chi connectivity index (χ1) is 7.99. The maximum atomic E-state index is 11.6. The molecule has 1 atom stereocenters. The highest BCUT2D eigenvalue weighted by Gasteiger charge is 2.36. The summed E-state index contributed by atoms with van der Waals surface area (Å²) < 4.78 is 1.67. The summed E-state index contributed by atoms with van der Waals surface area (Å²) in [4.78, 5) is 24.1. The number of nitrogens with zero attached hydrogens (tertiary/aromatic N) is 3. The molecule has 1 N–H and O–H groups in total. The number of likely N-dealkylation sites (tertiary alicyclic amines) is 1. The number of aliphatic carboxylic acids is 1. The fraction of sp³-hybridized carbons (Fsp3) is 0.545. The highest BCUT2D eigenvalue weighted by atomic mass is 16.4. The second-order valence-corrected chi connectivity index (χ2v) is 4.33. The molecule has 1 aromatic heterocycles. The number of hydrogen-bond donors (Lipinski definition) is 1. The van der Waals surface area contributed by atoms with Crippen LogP contribution in [0.15, 0.2) is 6.20 Å². The van der Waals surface area contributed by atoms with Crippen LogP contribution in [0.4, 0.5) is 0 Å². The van der Waals surface area contributed by atoms with E-state index in [2.05, 4.69) is 5.10 Å². The zero-order chi connectivity index (χ0) is 12.6.